The monoisotopic (exact) mass is 369 g/mol. The Labute approximate surface area is 157 Å². The SMILES string of the molecule is CCC1c2c([nH]c3ccccc23)C2=[N+](CCC[C@H]2CCC(=O)O)C1C(=O)O. The molecule has 3 atom stereocenters. The van der Waals surface area contributed by atoms with E-state index < -0.39 is 18.0 Å². The van der Waals surface area contributed by atoms with E-state index in [1.807, 2.05) is 29.7 Å². The molecular weight excluding hydrogens is 344 g/mol. The van der Waals surface area contributed by atoms with Crippen LogP contribution in [0.1, 0.15) is 56.2 Å². The molecule has 2 aliphatic heterocycles. The van der Waals surface area contributed by atoms with Crippen molar-refractivity contribution in [3.05, 3.63) is 35.5 Å². The number of aromatic nitrogens is 1. The summed E-state index contributed by atoms with van der Waals surface area (Å²) in [7, 11) is 0. The minimum absolute atomic E-state index is 0.0707. The van der Waals surface area contributed by atoms with E-state index in [1.165, 1.54) is 0 Å². The molecule has 142 valence electrons. The van der Waals surface area contributed by atoms with Crippen LogP contribution in [0.3, 0.4) is 0 Å². The number of carboxylic acids is 2. The number of aliphatic carboxylic acids is 2. The number of aromatic amines is 1. The van der Waals surface area contributed by atoms with E-state index in [9.17, 15) is 14.7 Å². The molecule has 4 rings (SSSR count). The Hall–Kier alpha value is -2.63. The Morgan fingerprint density at radius 1 is 1.26 bits per heavy atom. The van der Waals surface area contributed by atoms with E-state index >= 15 is 0 Å². The fraction of sp³-hybridized carbons (Fsp3) is 0.476. The topological polar surface area (TPSA) is 93.4 Å². The lowest BCUT2D eigenvalue weighted by Crippen LogP contribution is -2.50. The van der Waals surface area contributed by atoms with Gasteiger partial charge in [-0.15, -0.1) is 0 Å². The lowest BCUT2D eigenvalue weighted by atomic mass is 9.77. The van der Waals surface area contributed by atoms with Gasteiger partial charge in [-0.2, -0.15) is 0 Å². The smallest absolute Gasteiger partial charge is 0.373 e. The normalized spacial score (nSPS) is 24.6. The number of hydrogen-bond acceptors (Lipinski definition) is 2. The first kappa shape index (κ1) is 17.8. The van der Waals surface area contributed by atoms with E-state index in [1.54, 1.807) is 0 Å². The molecule has 0 saturated carbocycles. The third-order valence-electron chi connectivity index (χ3n) is 6.14. The van der Waals surface area contributed by atoms with Crippen LogP contribution in [0.5, 0.6) is 0 Å². The number of nitrogens with zero attached hydrogens (tertiary/aromatic N) is 1. The Morgan fingerprint density at radius 3 is 2.74 bits per heavy atom. The van der Waals surface area contributed by atoms with Crippen LogP contribution in [0.4, 0.5) is 0 Å². The third-order valence-corrected chi connectivity index (χ3v) is 6.14. The molecule has 0 bridgehead atoms. The molecule has 6 nitrogen and oxygen atoms in total. The van der Waals surface area contributed by atoms with E-state index in [0.717, 1.165) is 47.1 Å². The van der Waals surface area contributed by atoms with E-state index in [4.69, 9.17) is 5.11 Å². The standard InChI is InChI=1S/C21H24N2O4/c1-2-13-17-14-7-3-4-8-15(14)22-18(17)19-12(9-10-16(24)25)6-5-11-23(19)20(13)21(26)27/h3-4,7-8,12-13,20H,2,5-6,9-11H2,1H3,(H2,24,25,26,27)/p+1/t12-,13?,20?/m0/s1. The maximum Gasteiger partial charge on any atom is 0.373 e. The van der Waals surface area contributed by atoms with Gasteiger partial charge in [-0.25, -0.2) is 9.37 Å². The second-order valence-corrected chi connectivity index (χ2v) is 7.61. The van der Waals surface area contributed by atoms with Gasteiger partial charge >= 0.3 is 11.9 Å². The van der Waals surface area contributed by atoms with Gasteiger partial charge in [0.05, 0.1) is 5.92 Å². The van der Waals surface area contributed by atoms with Crippen LogP contribution >= 0.6 is 0 Å². The largest absolute Gasteiger partial charge is 0.481 e. The van der Waals surface area contributed by atoms with Gasteiger partial charge in [-0.3, -0.25) is 4.79 Å². The highest BCUT2D eigenvalue weighted by atomic mass is 16.4. The Morgan fingerprint density at radius 2 is 2.04 bits per heavy atom. The molecule has 0 saturated heterocycles. The number of fused-ring (bicyclic) bond motifs is 4. The van der Waals surface area contributed by atoms with Gasteiger partial charge in [-0.1, -0.05) is 25.1 Å². The van der Waals surface area contributed by atoms with E-state index in [0.29, 0.717) is 13.0 Å². The predicted molar refractivity (Wildman–Crippen MR) is 102 cm³/mol. The van der Waals surface area contributed by atoms with Gasteiger partial charge in [0.15, 0.2) is 0 Å². The predicted octanol–water partition coefficient (Wildman–Crippen LogP) is 3.20. The Bertz CT molecular complexity index is 943. The minimum atomic E-state index is -0.804. The van der Waals surface area contributed by atoms with Crippen LogP contribution in [0.2, 0.25) is 0 Å². The first-order chi connectivity index (χ1) is 13.0. The number of carboxylic acid groups (broad SMARTS) is 2. The highest BCUT2D eigenvalue weighted by Crippen LogP contribution is 2.41. The van der Waals surface area contributed by atoms with Crippen molar-refractivity contribution in [3.8, 4) is 0 Å². The molecule has 0 amide bonds. The molecule has 2 aliphatic rings. The van der Waals surface area contributed by atoms with Crippen LogP contribution in [0.25, 0.3) is 10.9 Å². The second-order valence-electron chi connectivity index (χ2n) is 7.61. The fourth-order valence-corrected chi connectivity index (χ4v) is 5.07. The van der Waals surface area contributed by atoms with Crippen LogP contribution < -0.4 is 0 Å². The molecule has 0 aliphatic carbocycles. The molecule has 0 fully saturated rings. The molecule has 6 heteroatoms. The van der Waals surface area contributed by atoms with Gasteiger partial charge in [-0.05, 0) is 25.3 Å². The zero-order valence-electron chi connectivity index (χ0n) is 15.4. The van der Waals surface area contributed by atoms with Crippen molar-refractivity contribution in [2.75, 3.05) is 6.54 Å². The number of rotatable bonds is 5. The van der Waals surface area contributed by atoms with Crippen molar-refractivity contribution in [2.45, 2.75) is 51.0 Å². The van der Waals surface area contributed by atoms with Gasteiger partial charge in [0.25, 0.3) is 6.04 Å². The maximum atomic E-state index is 12.3. The summed E-state index contributed by atoms with van der Waals surface area (Å²) >= 11 is 0. The Kier molecular flexibility index (Phi) is 4.50. The summed E-state index contributed by atoms with van der Waals surface area (Å²) < 4.78 is 2.05. The molecule has 27 heavy (non-hydrogen) atoms. The molecule has 3 heterocycles. The maximum absolute atomic E-state index is 12.3. The molecular formula is C21H25N2O4+. The molecule has 2 unspecified atom stereocenters. The average Bonchev–Trinajstić information content (AvgIpc) is 3.04. The molecule has 1 aromatic heterocycles. The van der Waals surface area contributed by atoms with Crippen LogP contribution in [0.15, 0.2) is 24.3 Å². The number of benzene rings is 1. The minimum Gasteiger partial charge on any atom is -0.481 e. The molecule has 1 aromatic carbocycles. The summed E-state index contributed by atoms with van der Waals surface area (Å²) in [5.74, 6) is -1.62. The summed E-state index contributed by atoms with van der Waals surface area (Å²) in [5.41, 5.74) is 4.14. The van der Waals surface area contributed by atoms with Crippen molar-refractivity contribution in [1.29, 1.82) is 0 Å². The van der Waals surface area contributed by atoms with Gasteiger partial charge in [0, 0.05) is 35.2 Å². The molecule has 0 spiro atoms. The highest BCUT2D eigenvalue weighted by molar-refractivity contribution is 6.06. The molecule has 0 radical (unpaired) electrons. The van der Waals surface area contributed by atoms with Crippen molar-refractivity contribution in [1.82, 2.24) is 4.98 Å². The quantitative estimate of drug-likeness (QED) is 0.706. The molecule has 3 N–H and O–H groups in total. The zero-order chi connectivity index (χ0) is 19.1. The van der Waals surface area contributed by atoms with Crippen molar-refractivity contribution in [3.63, 3.8) is 0 Å². The van der Waals surface area contributed by atoms with Crippen LogP contribution in [-0.2, 0) is 9.59 Å². The van der Waals surface area contributed by atoms with Crippen molar-refractivity contribution >= 4 is 28.6 Å². The van der Waals surface area contributed by atoms with E-state index in [-0.39, 0.29) is 18.3 Å². The number of hydrogen-bond donors (Lipinski definition) is 3. The zero-order valence-corrected chi connectivity index (χ0v) is 15.4. The first-order valence-electron chi connectivity index (χ1n) is 9.72. The summed E-state index contributed by atoms with van der Waals surface area (Å²) in [6.07, 6.45) is 3.18. The number of H-pyrrole nitrogens is 1. The third kappa shape index (κ3) is 2.83. The summed E-state index contributed by atoms with van der Waals surface area (Å²) in [5, 5.41) is 20.3. The van der Waals surface area contributed by atoms with Crippen molar-refractivity contribution in [2.24, 2.45) is 5.92 Å². The Balaban J connectivity index is 1.94. The van der Waals surface area contributed by atoms with Crippen LogP contribution in [0, 0.1) is 5.92 Å². The second kappa shape index (κ2) is 6.83. The summed E-state index contributed by atoms with van der Waals surface area (Å²) in [6, 6.07) is 7.45. The summed E-state index contributed by atoms with van der Waals surface area (Å²) in [6.45, 7) is 2.75. The number of carbonyl (C=O) groups is 2. The molecule has 2 aromatic rings. The number of para-hydroxylation sites is 1. The lowest BCUT2D eigenvalue weighted by Gasteiger charge is -2.33. The first-order valence-corrected chi connectivity index (χ1v) is 9.72. The van der Waals surface area contributed by atoms with Crippen LogP contribution in [-0.4, -0.2) is 50.0 Å². The van der Waals surface area contributed by atoms with Gasteiger partial charge in [0.2, 0.25) is 5.71 Å². The van der Waals surface area contributed by atoms with Crippen molar-refractivity contribution < 1.29 is 24.4 Å². The van der Waals surface area contributed by atoms with Gasteiger partial charge in [0.1, 0.15) is 12.2 Å². The lowest BCUT2D eigenvalue weighted by molar-refractivity contribution is -0.566. The number of nitrogens with one attached hydrogen (secondary N) is 1. The fourth-order valence-electron chi connectivity index (χ4n) is 5.07. The van der Waals surface area contributed by atoms with E-state index in [2.05, 4.69) is 11.1 Å². The average molecular weight is 369 g/mol. The highest BCUT2D eigenvalue weighted by Gasteiger charge is 2.50. The van der Waals surface area contributed by atoms with Gasteiger partial charge < -0.3 is 15.2 Å². The summed E-state index contributed by atoms with van der Waals surface area (Å²) in [4.78, 5) is 26.9.